The largest absolute Gasteiger partial charge is 0.487 e. The molecule has 1 aromatic heterocycles. The molecule has 100 valence electrons. The van der Waals surface area contributed by atoms with Crippen LogP contribution in [0.5, 0.6) is 5.75 Å². The number of ether oxygens (including phenoxy) is 1. The Kier molecular flexibility index (Phi) is 4.56. The topological polar surface area (TPSA) is 42.4 Å². The molecule has 0 spiro atoms. The molecule has 1 atom stereocenters. The van der Waals surface area contributed by atoms with Gasteiger partial charge in [-0.3, -0.25) is 4.98 Å². The van der Waals surface area contributed by atoms with E-state index >= 15 is 0 Å². The summed E-state index contributed by atoms with van der Waals surface area (Å²) in [5, 5.41) is 9.75. The molecular formula is C15H16BrNO2. The minimum atomic E-state index is -0.571. The van der Waals surface area contributed by atoms with Gasteiger partial charge >= 0.3 is 0 Å². The van der Waals surface area contributed by atoms with Crippen LogP contribution in [-0.4, -0.2) is 10.1 Å². The van der Waals surface area contributed by atoms with Crippen molar-refractivity contribution in [2.75, 3.05) is 0 Å². The number of hydrogen-bond acceptors (Lipinski definition) is 3. The van der Waals surface area contributed by atoms with E-state index in [0.29, 0.717) is 12.4 Å². The van der Waals surface area contributed by atoms with Crippen molar-refractivity contribution in [3.8, 4) is 5.75 Å². The number of pyridine rings is 1. The van der Waals surface area contributed by atoms with E-state index in [2.05, 4.69) is 20.9 Å². The fraction of sp³-hybridized carbons (Fsp3) is 0.267. The first-order valence-corrected chi connectivity index (χ1v) is 6.88. The van der Waals surface area contributed by atoms with Crippen molar-refractivity contribution >= 4 is 15.9 Å². The predicted octanol–water partition coefficient (Wildman–Crippen LogP) is 3.78. The van der Waals surface area contributed by atoms with Crippen LogP contribution < -0.4 is 4.74 Å². The number of hydrogen-bond donors (Lipinski definition) is 1. The summed E-state index contributed by atoms with van der Waals surface area (Å²) >= 11 is 3.39. The van der Waals surface area contributed by atoms with Crippen molar-refractivity contribution in [3.05, 3.63) is 57.8 Å². The molecule has 0 saturated carbocycles. The third-order valence-corrected chi connectivity index (χ3v) is 3.24. The fourth-order valence-corrected chi connectivity index (χ4v) is 2.19. The summed E-state index contributed by atoms with van der Waals surface area (Å²) in [5.74, 6) is 0.682. The molecule has 19 heavy (non-hydrogen) atoms. The molecule has 0 radical (unpaired) electrons. The summed E-state index contributed by atoms with van der Waals surface area (Å²) in [4.78, 5) is 4.38. The van der Waals surface area contributed by atoms with Crippen LogP contribution in [0.4, 0.5) is 0 Å². The molecule has 0 aliphatic rings. The quantitative estimate of drug-likeness (QED) is 0.931. The number of benzene rings is 1. The smallest absolute Gasteiger partial charge is 0.130 e. The third kappa shape index (κ3) is 3.78. The van der Waals surface area contributed by atoms with Gasteiger partial charge in [0.25, 0.3) is 0 Å². The molecule has 2 aromatic rings. The maximum absolute atomic E-state index is 9.75. The Morgan fingerprint density at radius 2 is 2.11 bits per heavy atom. The van der Waals surface area contributed by atoms with Crippen molar-refractivity contribution in [2.24, 2.45) is 0 Å². The first-order valence-electron chi connectivity index (χ1n) is 6.09. The monoisotopic (exact) mass is 321 g/mol. The molecule has 0 amide bonds. The highest BCUT2D eigenvalue weighted by Crippen LogP contribution is 2.28. The van der Waals surface area contributed by atoms with Gasteiger partial charge in [-0.15, -0.1) is 0 Å². The average molecular weight is 322 g/mol. The predicted molar refractivity (Wildman–Crippen MR) is 78.1 cm³/mol. The molecule has 2 rings (SSSR count). The highest BCUT2D eigenvalue weighted by atomic mass is 79.9. The van der Waals surface area contributed by atoms with Gasteiger partial charge in [0.05, 0.1) is 11.8 Å². The maximum atomic E-state index is 9.75. The Hall–Kier alpha value is -1.39. The summed E-state index contributed by atoms with van der Waals surface area (Å²) in [7, 11) is 0. The van der Waals surface area contributed by atoms with Crippen LogP contribution >= 0.6 is 15.9 Å². The van der Waals surface area contributed by atoms with E-state index in [9.17, 15) is 5.11 Å². The normalized spacial score (nSPS) is 12.2. The number of aliphatic hydroxyl groups excluding tert-OH is 1. The first-order chi connectivity index (χ1) is 9.06. The van der Waals surface area contributed by atoms with E-state index in [-0.39, 0.29) is 0 Å². The number of aliphatic hydroxyl groups is 1. The Morgan fingerprint density at radius 3 is 2.79 bits per heavy atom. The third-order valence-electron chi connectivity index (χ3n) is 2.74. The minimum absolute atomic E-state index is 0.392. The number of nitrogens with zero attached hydrogens (tertiary/aromatic N) is 1. The number of halogens is 1. The highest BCUT2D eigenvalue weighted by Gasteiger charge is 2.10. The molecule has 0 bridgehead atoms. The number of rotatable bonds is 4. The molecule has 0 aliphatic heterocycles. The molecule has 3 nitrogen and oxygen atoms in total. The Morgan fingerprint density at radius 1 is 1.32 bits per heavy atom. The zero-order valence-electron chi connectivity index (χ0n) is 10.9. The van der Waals surface area contributed by atoms with Crippen LogP contribution in [0.15, 0.2) is 40.9 Å². The SMILES string of the molecule is Cc1cccc(COc2ccc(Br)cc2[C@H](C)O)n1. The molecule has 0 aliphatic carbocycles. The van der Waals surface area contributed by atoms with Gasteiger partial charge in [-0.2, -0.15) is 0 Å². The second-order valence-electron chi connectivity index (χ2n) is 4.42. The lowest BCUT2D eigenvalue weighted by atomic mass is 10.1. The lowest BCUT2D eigenvalue weighted by Crippen LogP contribution is -2.03. The first kappa shape index (κ1) is 14.0. The minimum Gasteiger partial charge on any atom is -0.487 e. The summed E-state index contributed by atoms with van der Waals surface area (Å²) in [6.45, 7) is 4.06. The molecule has 4 heteroatoms. The van der Waals surface area contributed by atoms with Gasteiger partial charge in [-0.05, 0) is 44.2 Å². The van der Waals surface area contributed by atoms with Crippen molar-refractivity contribution in [1.29, 1.82) is 0 Å². The van der Waals surface area contributed by atoms with Gasteiger partial charge in [0.2, 0.25) is 0 Å². The molecule has 0 unspecified atom stereocenters. The zero-order chi connectivity index (χ0) is 13.8. The van der Waals surface area contributed by atoms with Crippen LogP contribution in [0.25, 0.3) is 0 Å². The van der Waals surface area contributed by atoms with Crippen LogP contribution in [-0.2, 0) is 6.61 Å². The summed E-state index contributed by atoms with van der Waals surface area (Å²) in [5.41, 5.74) is 2.61. The average Bonchev–Trinajstić information content (AvgIpc) is 2.37. The second-order valence-corrected chi connectivity index (χ2v) is 5.33. The lowest BCUT2D eigenvalue weighted by Gasteiger charge is -2.13. The van der Waals surface area contributed by atoms with Crippen LogP contribution in [0, 0.1) is 6.92 Å². The van der Waals surface area contributed by atoms with Gasteiger partial charge in [0.1, 0.15) is 12.4 Å². The number of aryl methyl sites for hydroxylation is 1. The van der Waals surface area contributed by atoms with Gasteiger partial charge in [0.15, 0.2) is 0 Å². The van der Waals surface area contributed by atoms with Crippen LogP contribution in [0.3, 0.4) is 0 Å². The van der Waals surface area contributed by atoms with Gasteiger partial charge in [0, 0.05) is 15.7 Å². The molecule has 1 N–H and O–H groups in total. The van der Waals surface area contributed by atoms with E-state index in [4.69, 9.17) is 4.74 Å². The highest BCUT2D eigenvalue weighted by molar-refractivity contribution is 9.10. The van der Waals surface area contributed by atoms with E-state index in [1.54, 1.807) is 6.92 Å². The molecule has 1 heterocycles. The lowest BCUT2D eigenvalue weighted by molar-refractivity contribution is 0.189. The summed E-state index contributed by atoms with van der Waals surface area (Å²) < 4.78 is 6.67. The molecule has 0 fully saturated rings. The van der Waals surface area contributed by atoms with Crippen molar-refractivity contribution < 1.29 is 9.84 Å². The van der Waals surface area contributed by atoms with Gasteiger partial charge in [-0.25, -0.2) is 0 Å². The standard InChI is InChI=1S/C15H16BrNO2/c1-10-4-3-5-13(17-10)9-19-15-7-6-12(16)8-14(15)11(2)18/h3-8,11,18H,9H2,1-2H3/t11-/m0/s1. The fourth-order valence-electron chi connectivity index (χ4n) is 1.81. The van der Waals surface area contributed by atoms with Gasteiger partial charge in [-0.1, -0.05) is 22.0 Å². The Labute approximate surface area is 121 Å². The molecular weight excluding hydrogens is 306 g/mol. The van der Waals surface area contributed by atoms with Crippen molar-refractivity contribution in [1.82, 2.24) is 4.98 Å². The van der Waals surface area contributed by atoms with E-state index in [1.807, 2.05) is 43.3 Å². The Bertz CT molecular complexity index is 570. The van der Waals surface area contributed by atoms with E-state index in [1.165, 1.54) is 0 Å². The summed E-state index contributed by atoms with van der Waals surface area (Å²) in [6.07, 6.45) is -0.571. The van der Waals surface area contributed by atoms with E-state index in [0.717, 1.165) is 21.4 Å². The van der Waals surface area contributed by atoms with Crippen LogP contribution in [0.1, 0.15) is 30.0 Å². The van der Waals surface area contributed by atoms with Crippen molar-refractivity contribution in [2.45, 2.75) is 26.6 Å². The second kappa shape index (κ2) is 6.17. The van der Waals surface area contributed by atoms with Gasteiger partial charge < -0.3 is 9.84 Å². The maximum Gasteiger partial charge on any atom is 0.130 e. The van der Waals surface area contributed by atoms with E-state index < -0.39 is 6.10 Å². The molecule has 1 aromatic carbocycles. The van der Waals surface area contributed by atoms with Crippen LogP contribution in [0.2, 0.25) is 0 Å². The van der Waals surface area contributed by atoms with Crippen molar-refractivity contribution in [3.63, 3.8) is 0 Å². The molecule has 0 saturated heterocycles. The Balaban J connectivity index is 2.15. The summed E-state index contributed by atoms with van der Waals surface area (Å²) in [6, 6.07) is 11.4. The zero-order valence-corrected chi connectivity index (χ0v) is 12.5. The number of aromatic nitrogens is 1.